The molecule has 8 nitrogen and oxygen atoms in total. The number of non-ortho nitro benzene ring substituents is 1. The lowest BCUT2D eigenvalue weighted by Gasteiger charge is -2.40. The van der Waals surface area contributed by atoms with Gasteiger partial charge < -0.3 is 20.5 Å². The molecule has 2 fully saturated rings. The van der Waals surface area contributed by atoms with E-state index in [0.717, 1.165) is 67.3 Å². The molecule has 2 heterocycles. The number of rotatable bonds is 7. The van der Waals surface area contributed by atoms with Crippen molar-refractivity contribution in [3.05, 3.63) is 70.4 Å². The maximum atomic E-state index is 13.0. The molecule has 1 aliphatic carbocycles. The minimum atomic E-state index is -0.361. The SMILES string of the molecule is O=C(Cc1c[nH]c2ccccc12)N[C@@H]1CCCC[C@H]1NC1CCCN(c2ccc([N+](=O)[O-])cc2)C1. The van der Waals surface area contributed by atoms with Gasteiger partial charge in [0.2, 0.25) is 5.91 Å². The number of hydrogen-bond donors (Lipinski definition) is 3. The largest absolute Gasteiger partial charge is 0.370 e. The minimum Gasteiger partial charge on any atom is -0.370 e. The number of carbonyl (C=O) groups is 1. The molecule has 1 aliphatic heterocycles. The van der Waals surface area contributed by atoms with E-state index in [-0.39, 0.29) is 28.6 Å². The molecule has 3 aromatic rings. The predicted octanol–water partition coefficient (Wildman–Crippen LogP) is 4.30. The van der Waals surface area contributed by atoms with Gasteiger partial charge in [-0.3, -0.25) is 14.9 Å². The normalized spacial score (nSPS) is 22.7. The van der Waals surface area contributed by atoms with Crippen LogP contribution in [0.1, 0.15) is 44.1 Å². The third kappa shape index (κ3) is 5.48. The number of para-hydroxylation sites is 1. The highest BCUT2D eigenvalue weighted by Crippen LogP contribution is 2.25. The molecular formula is C27H33N5O3. The van der Waals surface area contributed by atoms with Crippen LogP contribution in [0.4, 0.5) is 11.4 Å². The van der Waals surface area contributed by atoms with Gasteiger partial charge in [0.05, 0.1) is 11.3 Å². The van der Waals surface area contributed by atoms with E-state index >= 15 is 0 Å². The highest BCUT2D eigenvalue weighted by molar-refractivity contribution is 5.88. The van der Waals surface area contributed by atoms with Crippen molar-refractivity contribution in [3.63, 3.8) is 0 Å². The highest BCUT2D eigenvalue weighted by Gasteiger charge is 2.30. The second kappa shape index (κ2) is 10.5. The number of nitrogens with zero attached hydrogens (tertiary/aromatic N) is 2. The predicted molar refractivity (Wildman–Crippen MR) is 138 cm³/mol. The molecule has 2 aliphatic rings. The van der Waals surface area contributed by atoms with Gasteiger partial charge in [0.15, 0.2) is 0 Å². The summed E-state index contributed by atoms with van der Waals surface area (Å²) in [6, 6.07) is 15.6. The van der Waals surface area contributed by atoms with Crippen molar-refractivity contribution in [3.8, 4) is 0 Å². The summed E-state index contributed by atoms with van der Waals surface area (Å²) in [6.07, 6.45) is 8.85. The third-order valence-corrected chi connectivity index (χ3v) is 7.44. The first-order valence-electron chi connectivity index (χ1n) is 12.7. The first kappa shape index (κ1) is 23.4. The zero-order valence-electron chi connectivity index (χ0n) is 19.9. The van der Waals surface area contributed by atoms with Gasteiger partial charge in [-0.2, -0.15) is 0 Å². The van der Waals surface area contributed by atoms with Gasteiger partial charge in [-0.25, -0.2) is 0 Å². The van der Waals surface area contributed by atoms with Crippen LogP contribution in [0.5, 0.6) is 0 Å². The number of amides is 1. The summed E-state index contributed by atoms with van der Waals surface area (Å²) < 4.78 is 0. The number of piperidine rings is 1. The Hall–Kier alpha value is -3.39. The molecule has 1 aromatic heterocycles. The van der Waals surface area contributed by atoms with Crippen LogP contribution < -0.4 is 15.5 Å². The van der Waals surface area contributed by atoms with Gasteiger partial charge in [-0.15, -0.1) is 0 Å². The van der Waals surface area contributed by atoms with Gasteiger partial charge in [0, 0.05) is 66.1 Å². The monoisotopic (exact) mass is 475 g/mol. The molecule has 2 aromatic carbocycles. The Bertz CT molecular complexity index is 1180. The van der Waals surface area contributed by atoms with E-state index in [1.54, 1.807) is 12.1 Å². The topological polar surface area (TPSA) is 103 Å². The van der Waals surface area contributed by atoms with E-state index in [4.69, 9.17) is 0 Å². The quantitative estimate of drug-likeness (QED) is 0.349. The van der Waals surface area contributed by atoms with Crippen LogP contribution >= 0.6 is 0 Å². The fourth-order valence-electron chi connectivity index (χ4n) is 5.65. The van der Waals surface area contributed by atoms with Crippen molar-refractivity contribution in [1.29, 1.82) is 0 Å². The maximum absolute atomic E-state index is 13.0. The Morgan fingerprint density at radius 2 is 1.80 bits per heavy atom. The third-order valence-electron chi connectivity index (χ3n) is 7.44. The summed E-state index contributed by atoms with van der Waals surface area (Å²) in [5.41, 5.74) is 3.23. The first-order chi connectivity index (χ1) is 17.1. The fraction of sp³-hybridized carbons (Fsp3) is 0.444. The summed E-state index contributed by atoms with van der Waals surface area (Å²) in [4.78, 5) is 29.1. The second-order valence-corrected chi connectivity index (χ2v) is 9.83. The molecule has 1 amide bonds. The number of nitro benzene ring substituents is 1. The number of benzene rings is 2. The molecule has 1 unspecified atom stereocenters. The average Bonchev–Trinajstić information content (AvgIpc) is 3.28. The Morgan fingerprint density at radius 3 is 2.60 bits per heavy atom. The summed E-state index contributed by atoms with van der Waals surface area (Å²) >= 11 is 0. The van der Waals surface area contributed by atoms with Gasteiger partial charge in [0.25, 0.3) is 5.69 Å². The van der Waals surface area contributed by atoms with Crippen LogP contribution in [-0.2, 0) is 11.2 Å². The number of anilines is 1. The molecule has 1 saturated heterocycles. The molecule has 8 heteroatoms. The van der Waals surface area contributed by atoms with E-state index in [0.29, 0.717) is 12.5 Å². The zero-order valence-corrected chi connectivity index (χ0v) is 19.9. The smallest absolute Gasteiger partial charge is 0.269 e. The van der Waals surface area contributed by atoms with E-state index in [2.05, 4.69) is 26.6 Å². The molecule has 35 heavy (non-hydrogen) atoms. The second-order valence-electron chi connectivity index (χ2n) is 9.83. The summed E-state index contributed by atoms with van der Waals surface area (Å²) in [5.74, 6) is 0.0737. The van der Waals surface area contributed by atoms with Crippen molar-refractivity contribution in [2.24, 2.45) is 0 Å². The van der Waals surface area contributed by atoms with Crippen LogP contribution in [0.15, 0.2) is 54.7 Å². The summed E-state index contributed by atoms with van der Waals surface area (Å²) in [5, 5.41) is 19.3. The van der Waals surface area contributed by atoms with Crippen LogP contribution in [0.25, 0.3) is 10.9 Å². The molecule has 184 valence electrons. The Morgan fingerprint density at radius 1 is 1.03 bits per heavy atom. The molecule has 0 radical (unpaired) electrons. The van der Waals surface area contributed by atoms with Gasteiger partial charge in [-0.05, 0) is 49.4 Å². The van der Waals surface area contributed by atoms with Crippen molar-refractivity contribution in [2.75, 3.05) is 18.0 Å². The zero-order chi connectivity index (χ0) is 24.2. The number of H-pyrrole nitrogens is 1. The Balaban J connectivity index is 1.19. The standard InChI is InChI=1S/C27H33N5O3/c33-27(16-19-17-28-24-8-2-1-7-23(19)24)30-26-10-4-3-9-25(26)29-20-6-5-15-31(18-20)21-11-13-22(14-12-21)32(34)35/h1-2,7-8,11-14,17,20,25-26,28-29H,3-6,9-10,15-16,18H2,(H,30,33)/t20?,25-,26-/m1/s1. The average molecular weight is 476 g/mol. The number of hydrogen-bond acceptors (Lipinski definition) is 5. The molecule has 5 rings (SSSR count). The van der Waals surface area contributed by atoms with Gasteiger partial charge in [-0.1, -0.05) is 31.0 Å². The molecule has 1 saturated carbocycles. The number of fused-ring (bicyclic) bond motifs is 1. The summed E-state index contributed by atoms with van der Waals surface area (Å²) in [6.45, 7) is 1.82. The summed E-state index contributed by atoms with van der Waals surface area (Å²) in [7, 11) is 0. The van der Waals surface area contributed by atoms with Crippen LogP contribution in [0, 0.1) is 10.1 Å². The van der Waals surface area contributed by atoms with Crippen molar-refractivity contribution in [2.45, 2.75) is 63.1 Å². The van der Waals surface area contributed by atoms with Crippen molar-refractivity contribution >= 4 is 28.2 Å². The lowest BCUT2D eigenvalue weighted by molar-refractivity contribution is -0.384. The molecule has 0 spiro atoms. The van der Waals surface area contributed by atoms with E-state index in [1.807, 2.05) is 36.5 Å². The molecule has 0 bridgehead atoms. The number of aromatic amines is 1. The van der Waals surface area contributed by atoms with Crippen molar-refractivity contribution < 1.29 is 9.72 Å². The fourth-order valence-corrected chi connectivity index (χ4v) is 5.65. The number of nitrogens with one attached hydrogen (secondary N) is 3. The van der Waals surface area contributed by atoms with Gasteiger partial charge >= 0.3 is 0 Å². The number of nitro groups is 1. The van der Waals surface area contributed by atoms with E-state index < -0.39 is 0 Å². The lowest BCUT2D eigenvalue weighted by Crippen LogP contribution is -2.57. The molecular weight excluding hydrogens is 442 g/mol. The van der Waals surface area contributed by atoms with Crippen LogP contribution in [-0.4, -0.2) is 47.0 Å². The number of aromatic nitrogens is 1. The van der Waals surface area contributed by atoms with Gasteiger partial charge in [0.1, 0.15) is 0 Å². The first-order valence-corrected chi connectivity index (χ1v) is 12.7. The number of carbonyl (C=O) groups excluding carboxylic acids is 1. The highest BCUT2D eigenvalue weighted by atomic mass is 16.6. The maximum Gasteiger partial charge on any atom is 0.269 e. The molecule has 3 N–H and O–H groups in total. The van der Waals surface area contributed by atoms with Crippen molar-refractivity contribution in [1.82, 2.24) is 15.6 Å². The Labute approximate surface area is 205 Å². The lowest BCUT2D eigenvalue weighted by atomic mass is 9.88. The van der Waals surface area contributed by atoms with Crippen LogP contribution in [0.3, 0.4) is 0 Å². The Kier molecular flexibility index (Phi) is 6.99. The molecule has 3 atom stereocenters. The van der Waals surface area contributed by atoms with E-state index in [9.17, 15) is 14.9 Å². The van der Waals surface area contributed by atoms with E-state index in [1.165, 1.54) is 6.42 Å². The minimum absolute atomic E-state index is 0.0737. The van der Waals surface area contributed by atoms with Crippen LogP contribution in [0.2, 0.25) is 0 Å².